The minimum atomic E-state index is 0.381. The van der Waals surface area contributed by atoms with Crippen LogP contribution in [0.5, 0.6) is 0 Å². The Morgan fingerprint density at radius 1 is 0.333 bits per heavy atom. The summed E-state index contributed by atoms with van der Waals surface area (Å²) in [5.74, 6) is 0. The van der Waals surface area contributed by atoms with Crippen LogP contribution in [-0.2, 0) is 0 Å². The summed E-state index contributed by atoms with van der Waals surface area (Å²) in [7, 11) is 0. The Morgan fingerprint density at radius 2 is 0.583 bits per heavy atom. The predicted molar refractivity (Wildman–Crippen MR) is 167 cm³/mol. The maximum absolute atomic E-state index is 2.87. The van der Waals surface area contributed by atoms with Crippen LogP contribution >= 0.6 is 0 Å². The molecule has 0 saturated carbocycles. The molecule has 0 heterocycles. The summed E-state index contributed by atoms with van der Waals surface area (Å²) in [6, 6.07) is 0. The Bertz CT molecular complexity index is 373. The minimum Gasteiger partial charge on any atom is -0.298 e. The number of hydrogen-bond donors (Lipinski definition) is 0. The van der Waals surface area contributed by atoms with Crippen LogP contribution < -0.4 is 0 Å². The number of hydrogen-bond acceptors (Lipinski definition) is 1. The SMILES string of the molecule is CCCCCCCCCCCCCCN(CCCCCCCCCCCCCC)C(C)(C)CCCC. The number of nitrogens with zero attached hydrogens (tertiary/aromatic N) is 1. The Hall–Kier alpha value is -0.0400. The zero-order valence-electron chi connectivity index (χ0n) is 26.5. The average molecular weight is 508 g/mol. The summed E-state index contributed by atoms with van der Waals surface area (Å²) in [5, 5.41) is 0. The second kappa shape index (κ2) is 28.0. The van der Waals surface area contributed by atoms with Gasteiger partial charge in [0.1, 0.15) is 0 Å². The second-order valence-electron chi connectivity index (χ2n) is 12.7. The van der Waals surface area contributed by atoms with Crippen LogP contribution in [0.4, 0.5) is 0 Å². The molecule has 36 heavy (non-hydrogen) atoms. The molecule has 0 rings (SSSR count). The van der Waals surface area contributed by atoms with Gasteiger partial charge in [-0.3, -0.25) is 4.90 Å². The van der Waals surface area contributed by atoms with Crippen molar-refractivity contribution in [2.24, 2.45) is 0 Å². The van der Waals surface area contributed by atoms with Gasteiger partial charge in [0.15, 0.2) is 0 Å². The molecule has 0 saturated heterocycles. The molecular weight excluding hydrogens is 434 g/mol. The molecule has 218 valence electrons. The van der Waals surface area contributed by atoms with E-state index in [2.05, 4.69) is 39.5 Å². The van der Waals surface area contributed by atoms with Crippen LogP contribution in [0.25, 0.3) is 0 Å². The smallest absolute Gasteiger partial charge is 0.0153 e. The zero-order valence-corrected chi connectivity index (χ0v) is 26.5. The molecule has 0 N–H and O–H groups in total. The lowest BCUT2D eigenvalue weighted by Gasteiger charge is -2.39. The van der Waals surface area contributed by atoms with Crippen molar-refractivity contribution in [1.29, 1.82) is 0 Å². The topological polar surface area (TPSA) is 3.24 Å². The van der Waals surface area contributed by atoms with Gasteiger partial charge in [0, 0.05) is 5.54 Å². The number of rotatable bonds is 30. The van der Waals surface area contributed by atoms with E-state index in [1.165, 1.54) is 186 Å². The van der Waals surface area contributed by atoms with Crippen molar-refractivity contribution >= 4 is 0 Å². The van der Waals surface area contributed by atoms with E-state index < -0.39 is 0 Å². The van der Waals surface area contributed by atoms with Crippen LogP contribution in [0.3, 0.4) is 0 Å². The van der Waals surface area contributed by atoms with Crippen LogP contribution in [0, 0.1) is 0 Å². The Morgan fingerprint density at radius 3 is 0.861 bits per heavy atom. The summed E-state index contributed by atoms with van der Waals surface area (Å²) in [6.45, 7) is 14.7. The van der Waals surface area contributed by atoms with Crippen molar-refractivity contribution < 1.29 is 0 Å². The molecule has 0 spiro atoms. The molecule has 0 unspecified atom stereocenters. The van der Waals surface area contributed by atoms with Crippen molar-refractivity contribution in [1.82, 2.24) is 4.90 Å². The summed E-state index contributed by atoms with van der Waals surface area (Å²) >= 11 is 0. The van der Waals surface area contributed by atoms with Crippen LogP contribution in [0.15, 0.2) is 0 Å². The largest absolute Gasteiger partial charge is 0.298 e. The molecule has 0 aliphatic heterocycles. The molecule has 0 atom stereocenters. The van der Waals surface area contributed by atoms with Gasteiger partial charge in [0.2, 0.25) is 0 Å². The highest BCUT2D eigenvalue weighted by Crippen LogP contribution is 2.24. The normalized spacial score (nSPS) is 12.2. The van der Waals surface area contributed by atoms with Gasteiger partial charge < -0.3 is 0 Å². The van der Waals surface area contributed by atoms with E-state index in [4.69, 9.17) is 0 Å². The molecule has 0 bridgehead atoms. The third-order valence-corrected chi connectivity index (χ3v) is 8.56. The predicted octanol–water partition coefficient (Wildman–Crippen LogP) is 12.7. The first kappa shape index (κ1) is 36.0. The third-order valence-electron chi connectivity index (χ3n) is 8.56. The van der Waals surface area contributed by atoms with Gasteiger partial charge in [-0.15, -0.1) is 0 Å². The summed E-state index contributed by atoms with van der Waals surface area (Å²) in [4.78, 5) is 2.87. The molecule has 0 aliphatic carbocycles. The van der Waals surface area contributed by atoms with Gasteiger partial charge in [-0.25, -0.2) is 0 Å². The van der Waals surface area contributed by atoms with Gasteiger partial charge in [0.05, 0.1) is 0 Å². The fourth-order valence-electron chi connectivity index (χ4n) is 5.77. The van der Waals surface area contributed by atoms with Gasteiger partial charge in [-0.1, -0.05) is 175 Å². The fourth-order valence-corrected chi connectivity index (χ4v) is 5.77. The summed E-state index contributed by atoms with van der Waals surface area (Å²) in [6.07, 6.45) is 38.8. The maximum atomic E-state index is 2.87. The van der Waals surface area contributed by atoms with Crippen LogP contribution in [0.1, 0.15) is 208 Å². The highest BCUT2D eigenvalue weighted by molar-refractivity contribution is 4.81. The minimum absolute atomic E-state index is 0.381. The zero-order chi connectivity index (χ0) is 26.6. The number of unbranched alkanes of at least 4 members (excludes halogenated alkanes) is 23. The molecule has 0 fully saturated rings. The first-order chi connectivity index (χ1) is 17.6. The van der Waals surface area contributed by atoms with Gasteiger partial charge in [0.25, 0.3) is 0 Å². The lowest BCUT2D eigenvalue weighted by molar-refractivity contribution is 0.103. The first-order valence-corrected chi connectivity index (χ1v) is 17.3. The van der Waals surface area contributed by atoms with Crippen molar-refractivity contribution in [3.05, 3.63) is 0 Å². The molecule has 1 heteroatoms. The van der Waals surface area contributed by atoms with E-state index in [9.17, 15) is 0 Å². The summed E-state index contributed by atoms with van der Waals surface area (Å²) < 4.78 is 0. The quantitative estimate of drug-likeness (QED) is 0.0873. The molecule has 0 aliphatic rings. The van der Waals surface area contributed by atoms with Crippen molar-refractivity contribution in [2.75, 3.05) is 13.1 Å². The highest BCUT2D eigenvalue weighted by Gasteiger charge is 2.25. The van der Waals surface area contributed by atoms with E-state index in [0.29, 0.717) is 5.54 Å². The molecule has 0 aromatic rings. The van der Waals surface area contributed by atoms with Crippen LogP contribution in [0.2, 0.25) is 0 Å². The average Bonchev–Trinajstić information content (AvgIpc) is 2.87. The van der Waals surface area contributed by atoms with E-state index in [1.807, 2.05) is 0 Å². The van der Waals surface area contributed by atoms with Gasteiger partial charge in [-0.2, -0.15) is 0 Å². The third kappa shape index (κ3) is 24.3. The Kier molecular flexibility index (Phi) is 27.9. The van der Waals surface area contributed by atoms with Crippen molar-refractivity contribution in [3.8, 4) is 0 Å². The van der Waals surface area contributed by atoms with Crippen LogP contribution in [-0.4, -0.2) is 23.5 Å². The monoisotopic (exact) mass is 508 g/mol. The standard InChI is InChI=1S/C35H73N/c1-6-9-12-14-16-18-20-22-24-26-28-30-33-36(35(4,5)32-11-8-3)34-31-29-27-25-23-21-19-17-15-13-10-7-2/h6-34H2,1-5H3. The maximum Gasteiger partial charge on any atom is 0.0153 e. The van der Waals surface area contributed by atoms with Gasteiger partial charge in [-0.05, 0) is 46.2 Å². The lowest BCUT2D eigenvalue weighted by atomic mass is 9.94. The highest BCUT2D eigenvalue weighted by atomic mass is 15.2. The second-order valence-corrected chi connectivity index (χ2v) is 12.7. The molecule has 0 amide bonds. The lowest BCUT2D eigenvalue weighted by Crippen LogP contribution is -2.45. The molecular formula is C35H73N. The Balaban J connectivity index is 3.90. The van der Waals surface area contributed by atoms with E-state index in [-0.39, 0.29) is 0 Å². The van der Waals surface area contributed by atoms with Gasteiger partial charge >= 0.3 is 0 Å². The molecule has 1 nitrogen and oxygen atoms in total. The van der Waals surface area contributed by atoms with E-state index >= 15 is 0 Å². The first-order valence-electron chi connectivity index (χ1n) is 17.3. The molecule has 0 radical (unpaired) electrons. The fraction of sp³-hybridized carbons (Fsp3) is 1.00. The molecule has 0 aromatic carbocycles. The summed E-state index contributed by atoms with van der Waals surface area (Å²) in [5.41, 5.74) is 0.381. The Labute approximate surface area is 231 Å². The van der Waals surface area contributed by atoms with E-state index in [0.717, 1.165) is 0 Å². The van der Waals surface area contributed by atoms with Crippen molar-refractivity contribution in [2.45, 2.75) is 214 Å². The van der Waals surface area contributed by atoms with Crippen molar-refractivity contribution in [3.63, 3.8) is 0 Å². The van der Waals surface area contributed by atoms with E-state index in [1.54, 1.807) is 0 Å². The molecule has 0 aromatic heterocycles.